The van der Waals surface area contributed by atoms with Crippen molar-refractivity contribution in [2.45, 2.75) is 39.7 Å². The summed E-state index contributed by atoms with van der Waals surface area (Å²) in [4.78, 5) is 2.34. The lowest BCUT2D eigenvalue weighted by Crippen LogP contribution is -2.26. The summed E-state index contributed by atoms with van der Waals surface area (Å²) in [5, 5.41) is 0. The summed E-state index contributed by atoms with van der Waals surface area (Å²) in [7, 11) is 2.16. The van der Waals surface area contributed by atoms with E-state index in [1.807, 2.05) is 0 Å². The molecule has 0 fully saturated rings. The predicted molar refractivity (Wildman–Crippen MR) is 76.5 cm³/mol. The van der Waals surface area contributed by atoms with E-state index >= 15 is 0 Å². The standard InChI is InChI=1S/C15H26N2/c1-5-14(16)10-13-8-6-7-9-15(13)17(4)11-12(2)3/h6-9,12,14H,5,10-11,16H2,1-4H3. The highest BCUT2D eigenvalue weighted by molar-refractivity contribution is 5.53. The van der Waals surface area contributed by atoms with Crippen molar-refractivity contribution in [1.29, 1.82) is 0 Å². The highest BCUT2D eigenvalue weighted by atomic mass is 15.1. The van der Waals surface area contributed by atoms with Crippen LogP contribution in [0.2, 0.25) is 0 Å². The first-order valence-corrected chi connectivity index (χ1v) is 6.59. The van der Waals surface area contributed by atoms with Crippen molar-refractivity contribution in [3.63, 3.8) is 0 Å². The first-order chi connectivity index (χ1) is 8.04. The fraction of sp³-hybridized carbons (Fsp3) is 0.600. The zero-order chi connectivity index (χ0) is 12.8. The van der Waals surface area contributed by atoms with Gasteiger partial charge < -0.3 is 10.6 Å². The van der Waals surface area contributed by atoms with E-state index in [4.69, 9.17) is 5.73 Å². The van der Waals surface area contributed by atoms with Crippen LogP contribution in [0.3, 0.4) is 0 Å². The third-order valence-corrected chi connectivity index (χ3v) is 3.05. The number of para-hydroxylation sites is 1. The number of nitrogens with zero attached hydrogens (tertiary/aromatic N) is 1. The summed E-state index contributed by atoms with van der Waals surface area (Å²) in [6, 6.07) is 8.86. The first-order valence-electron chi connectivity index (χ1n) is 6.59. The second kappa shape index (κ2) is 6.65. The van der Waals surface area contributed by atoms with Gasteiger partial charge >= 0.3 is 0 Å². The molecule has 0 bridgehead atoms. The quantitative estimate of drug-likeness (QED) is 0.819. The molecule has 1 unspecified atom stereocenters. The number of rotatable bonds is 6. The summed E-state index contributed by atoms with van der Waals surface area (Å²) in [5.74, 6) is 0.674. The Labute approximate surface area is 106 Å². The van der Waals surface area contributed by atoms with Crippen molar-refractivity contribution in [2.75, 3.05) is 18.5 Å². The van der Waals surface area contributed by atoms with Crippen LogP contribution in [-0.2, 0) is 6.42 Å². The van der Waals surface area contributed by atoms with Crippen LogP contribution in [0.15, 0.2) is 24.3 Å². The van der Waals surface area contributed by atoms with Crippen molar-refractivity contribution < 1.29 is 0 Å². The highest BCUT2D eigenvalue weighted by Crippen LogP contribution is 2.21. The van der Waals surface area contributed by atoms with Crippen LogP contribution in [0.4, 0.5) is 5.69 Å². The minimum Gasteiger partial charge on any atom is -0.374 e. The van der Waals surface area contributed by atoms with E-state index in [9.17, 15) is 0 Å². The van der Waals surface area contributed by atoms with Crippen molar-refractivity contribution in [1.82, 2.24) is 0 Å². The van der Waals surface area contributed by atoms with Gasteiger partial charge in [-0.1, -0.05) is 39.0 Å². The van der Waals surface area contributed by atoms with Gasteiger partial charge in [-0.3, -0.25) is 0 Å². The van der Waals surface area contributed by atoms with Crippen molar-refractivity contribution in [3.8, 4) is 0 Å². The molecule has 0 saturated carbocycles. The summed E-state index contributed by atoms with van der Waals surface area (Å²) in [5.41, 5.74) is 8.75. The number of hydrogen-bond acceptors (Lipinski definition) is 2. The van der Waals surface area contributed by atoms with Gasteiger partial charge in [0.2, 0.25) is 0 Å². The maximum absolute atomic E-state index is 6.06. The summed E-state index contributed by atoms with van der Waals surface area (Å²) in [6.07, 6.45) is 2.00. The number of benzene rings is 1. The Balaban J connectivity index is 2.83. The molecule has 0 aliphatic rings. The van der Waals surface area contributed by atoms with Crippen molar-refractivity contribution >= 4 is 5.69 Å². The Kier molecular flexibility index (Phi) is 5.49. The Morgan fingerprint density at radius 3 is 2.47 bits per heavy atom. The summed E-state index contributed by atoms with van der Waals surface area (Å²) >= 11 is 0. The molecule has 96 valence electrons. The molecule has 0 aliphatic carbocycles. The molecule has 2 heteroatoms. The van der Waals surface area contributed by atoms with E-state index in [0.29, 0.717) is 5.92 Å². The van der Waals surface area contributed by atoms with Crippen LogP contribution in [-0.4, -0.2) is 19.6 Å². The van der Waals surface area contributed by atoms with Crippen LogP contribution < -0.4 is 10.6 Å². The zero-order valence-electron chi connectivity index (χ0n) is 11.6. The number of nitrogens with two attached hydrogens (primary N) is 1. The molecule has 1 rings (SSSR count). The highest BCUT2D eigenvalue weighted by Gasteiger charge is 2.10. The molecular weight excluding hydrogens is 208 g/mol. The van der Waals surface area contributed by atoms with Gasteiger partial charge in [-0.25, -0.2) is 0 Å². The zero-order valence-corrected chi connectivity index (χ0v) is 11.6. The van der Waals surface area contributed by atoms with Gasteiger partial charge in [-0.05, 0) is 30.4 Å². The second-order valence-corrected chi connectivity index (χ2v) is 5.28. The van der Waals surface area contributed by atoms with Crippen LogP contribution in [0.5, 0.6) is 0 Å². The average Bonchev–Trinajstić information content (AvgIpc) is 2.28. The van der Waals surface area contributed by atoms with Gasteiger partial charge in [0, 0.05) is 25.3 Å². The average molecular weight is 234 g/mol. The molecule has 0 aliphatic heterocycles. The van der Waals surface area contributed by atoms with Crippen LogP contribution >= 0.6 is 0 Å². The topological polar surface area (TPSA) is 29.3 Å². The summed E-state index contributed by atoms with van der Waals surface area (Å²) in [6.45, 7) is 7.72. The van der Waals surface area contributed by atoms with E-state index in [0.717, 1.165) is 19.4 Å². The molecule has 0 saturated heterocycles. The third kappa shape index (κ3) is 4.39. The monoisotopic (exact) mass is 234 g/mol. The van der Waals surface area contributed by atoms with Gasteiger partial charge in [0.15, 0.2) is 0 Å². The van der Waals surface area contributed by atoms with Gasteiger partial charge in [0.25, 0.3) is 0 Å². The lowest BCUT2D eigenvalue weighted by molar-refractivity contribution is 0.626. The van der Waals surface area contributed by atoms with E-state index < -0.39 is 0 Å². The number of anilines is 1. The van der Waals surface area contributed by atoms with Gasteiger partial charge in [-0.2, -0.15) is 0 Å². The van der Waals surface area contributed by atoms with E-state index in [1.165, 1.54) is 11.3 Å². The minimum absolute atomic E-state index is 0.267. The molecule has 0 amide bonds. The Morgan fingerprint density at radius 1 is 1.24 bits per heavy atom. The van der Waals surface area contributed by atoms with Gasteiger partial charge in [0.1, 0.15) is 0 Å². The lowest BCUT2D eigenvalue weighted by Gasteiger charge is -2.25. The maximum Gasteiger partial charge on any atom is 0.0396 e. The van der Waals surface area contributed by atoms with E-state index in [1.54, 1.807) is 0 Å². The molecule has 1 aromatic carbocycles. The number of hydrogen-bond donors (Lipinski definition) is 1. The smallest absolute Gasteiger partial charge is 0.0396 e. The second-order valence-electron chi connectivity index (χ2n) is 5.28. The molecular formula is C15H26N2. The molecule has 1 atom stereocenters. The molecule has 0 radical (unpaired) electrons. The van der Waals surface area contributed by atoms with E-state index in [-0.39, 0.29) is 6.04 Å². The first kappa shape index (κ1) is 14.0. The maximum atomic E-state index is 6.06. The van der Waals surface area contributed by atoms with E-state index in [2.05, 4.69) is 57.0 Å². The summed E-state index contributed by atoms with van der Waals surface area (Å²) < 4.78 is 0. The SMILES string of the molecule is CCC(N)Cc1ccccc1N(C)CC(C)C. The fourth-order valence-electron chi connectivity index (χ4n) is 2.13. The fourth-order valence-corrected chi connectivity index (χ4v) is 2.13. The van der Waals surface area contributed by atoms with Crippen molar-refractivity contribution in [2.24, 2.45) is 11.7 Å². The predicted octanol–water partition coefficient (Wildman–Crippen LogP) is 3.06. The van der Waals surface area contributed by atoms with Gasteiger partial charge in [0.05, 0.1) is 0 Å². The molecule has 0 spiro atoms. The van der Waals surface area contributed by atoms with Gasteiger partial charge in [-0.15, -0.1) is 0 Å². The Morgan fingerprint density at radius 2 is 1.88 bits per heavy atom. The Hall–Kier alpha value is -1.02. The molecule has 1 aromatic rings. The minimum atomic E-state index is 0.267. The molecule has 2 nitrogen and oxygen atoms in total. The normalized spacial score (nSPS) is 12.8. The lowest BCUT2D eigenvalue weighted by atomic mass is 10.0. The van der Waals surface area contributed by atoms with Crippen molar-refractivity contribution in [3.05, 3.63) is 29.8 Å². The Bertz CT molecular complexity index is 333. The third-order valence-electron chi connectivity index (χ3n) is 3.05. The molecule has 2 N–H and O–H groups in total. The van der Waals surface area contributed by atoms with Crippen LogP contribution in [0.25, 0.3) is 0 Å². The molecule has 17 heavy (non-hydrogen) atoms. The molecule has 0 aromatic heterocycles. The van der Waals surface area contributed by atoms with Crippen LogP contribution in [0.1, 0.15) is 32.8 Å². The largest absolute Gasteiger partial charge is 0.374 e. The van der Waals surface area contributed by atoms with Crippen LogP contribution in [0, 0.1) is 5.92 Å². The molecule has 0 heterocycles.